The predicted molar refractivity (Wildman–Crippen MR) is 75.9 cm³/mol. The minimum atomic E-state index is -0.395. The normalized spacial score (nSPS) is 10.4. The van der Waals surface area contributed by atoms with Gasteiger partial charge in [0.2, 0.25) is 0 Å². The number of hydrogen-bond acceptors (Lipinski definition) is 5. The van der Waals surface area contributed by atoms with Gasteiger partial charge < -0.3 is 5.32 Å². The molecule has 2 heterocycles. The van der Waals surface area contributed by atoms with Crippen LogP contribution in [0.4, 0.5) is 10.2 Å². The van der Waals surface area contributed by atoms with E-state index in [1.165, 1.54) is 23.7 Å². The number of halogens is 1. The molecule has 20 heavy (non-hydrogen) atoms. The van der Waals surface area contributed by atoms with Gasteiger partial charge in [-0.05, 0) is 23.6 Å². The van der Waals surface area contributed by atoms with Crippen molar-refractivity contribution in [1.29, 1.82) is 5.26 Å². The highest BCUT2D eigenvalue weighted by Gasteiger charge is 2.07. The summed E-state index contributed by atoms with van der Waals surface area (Å²) in [5, 5.41) is 13.7. The smallest absolute Gasteiger partial charge is 0.147 e. The van der Waals surface area contributed by atoms with E-state index in [9.17, 15) is 4.39 Å². The molecule has 6 heteroatoms. The van der Waals surface area contributed by atoms with Gasteiger partial charge >= 0.3 is 0 Å². The fourth-order valence-electron chi connectivity index (χ4n) is 1.85. The second-order valence-electron chi connectivity index (χ2n) is 4.13. The molecule has 0 aliphatic rings. The molecule has 98 valence electrons. The summed E-state index contributed by atoms with van der Waals surface area (Å²) >= 11 is 1.54. The van der Waals surface area contributed by atoms with Crippen molar-refractivity contribution >= 4 is 27.4 Å². The second-order valence-corrected chi connectivity index (χ2v) is 5.04. The molecule has 0 radical (unpaired) electrons. The highest BCUT2D eigenvalue weighted by atomic mass is 32.1. The first-order chi connectivity index (χ1) is 9.78. The first kappa shape index (κ1) is 12.5. The van der Waals surface area contributed by atoms with E-state index in [-0.39, 0.29) is 0 Å². The van der Waals surface area contributed by atoms with Crippen LogP contribution in [-0.4, -0.2) is 9.97 Å². The highest BCUT2D eigenvalue weighted by Crippen LogP contribution is 2.25. The van der Waals surface area contributed by atoms with Gasteiger partial charge in [-0.2, -0.15) is 5.26 Å². The van der Waals surface area contributed by atoms with Gasteiger partial charge in [0.05, 0.1) is 21.8 Å². The van der Waals surface area contributed by atoms with Gasteiger partial charge in [0.25, 0.3) is 0 Å². The molecule has 0 aliphatic carbocycles. The van der Waals surface area contributed by atoms with Crippen LogP contribution in [0.15, 0.2) is 36.0 Å². The molecule has 0 unspecified atom stereocenters. The third-order valence-electron chi connectivity index (χ3n) is 2.87. The quantitative estimate of drug-likeness (QED) is 0.801. The molecule has 0 amide bonds. The Morgan fingerprint density at radius 2 is 2.20 bits per heavy atom. The van der Waals surface area contributed by atoms with Crippen molar-refractivity contribution < 1.29 is 4.39 Å². The van der Waals surface area contributed by atoms with Gasteiger partial charge in [0, 0.05) is 12.1 Å². The Bertz CT molecular complexity index is 806. The maximum Gasteiger partial charge on any atom is 0.147 e. The lowest BCUT2D eigenvalue weighted by Crippen LogP contribution is -2.04. The Morgan fingerprint density at radius 3 is 3.00 bits per heavy atom. The van der Waals surface area contributed by atoms with E-state index in [0.717, 1.165) is 10.2 Å². The first-order valence-electron chi connectivity index (χ1n) is 5.88. The molecule has 0 spiro atoms. The summed E-state index contributed by atoms with van der Waals surface area (Å²) in [5.74, 6) is 0.293. The summed E-state index contributed by atoms with van der Waals surface area (Å²) in [4.78, 5) is 8.32. The number of hydrogen-bond donors (Lipinski definition) is 1. The number of nitriles is 1. The Hall–Kier alpha value is -2.52. The Balaban J connectivity index is 1.83. The van der Waals surface area contributed by atoms with Crippen LogP contribution in [0, 0.1) is 17.1 Å². The predicted octanol–water partition coefficient (Wildman–Crippen LogP) is 3.31. The molecular formula is C14H9FN4S. The van der Waals surface area contributed by atoms with Crippen LogP contribution in [0.5, 0.6) is 0 Å². The summed E-state index contributed by atoms with van der Waals surface area (Å²) in [6, 6.07) is 8.26. The van der Waals surface area contributed by atoms with Crippen LogP contribution in [0.1, 0.15) is 11.1 Å². The topological polar surface area (TPSA) is 61.6 Å². The molecular weight excluding hydrogens is 275 g/mol. The lowest BCUT2D eigenvalue weighted by molar-refractivity contribution is 0.612. The molecule has 3 rings (SSSR count). The number of benzene rings is 1. The van der Waals surface area contributed by atoms with Gasteiger partial charge in [0.1, 0.15) is 18.0 Å². The summed E-state index contributed by atoms with van der Waals surface area (Å²) in [5.41, 5.74) is 1.68. The lowest BCUT2D eigenvalue weighted by Gasteiger charge is -2.07. The van der Waals surface area contributed by atoms with E-state index in [1.807, 2.05) is 17.5 Å². The van der Waals surface area contributed by atoms with E-state index < -0.39 is 5.82 Å². The maximum absolute atomic E-state index is 13.8. The molecule has 0 fully saturated rings. The number of nitrogens with zero attached hydrogens (tertiary/aromatic N) is 3. The molecule has 4 nitrogen and oxygen atoms in total. The van der Waals surface area contributed by atoms with Crippen molar-refractivity contribution in [2.45, 2.75) is 6.54 Å². The lowest BCUT2D eigenvalue weighted by atomic mass is 10.1. The van der Waals surface area contributed by atoms with Gasteiger partial charge in [-0.15, -0.1) is 11.3 Å². The van der Waals surface area contributed by atoms with Crippen LogP contribution in [0.3, 0.4) is 0 Å². The van der Waals surface area contributed by atoms with Gasteiger partial charge in [0.15, 0.2) is 0 Å². The second kappa shape index (κ2) is 5.23. The van der Waals surface area contributed by atoms with Crippen LogP contribution >= 0.6 is 11.3 Å². The molecule has 0 saturated carbocycles. The molecule has 2 aromatic heterocycles. The zero-order valence-electron chi connectivity index (χ0n) is 10.3. The minimum Gasteiger partial charge on any atom is -0.365 e. The minimum absolute atomic E-state index is 0.307. The number of anilines is 1. The number of fused-ring (bicyclic) bond motifs is 1. The maximum atomic E-state index is 13.8. The zero-order valence-corrected chi connectivity index (χ0v) is 11.1. The SMILES string of the molecule is N#Cc1ccc(CNc2ncnc3ccsc23)c(F)c1. The summed E-state index contributed by atoms with van der Waals surface area (Å²) in [7, 11) is 0. The Morgan fingerprint density at radius 1 is 1.30 bits per heavy atom. The fourth-order valence-corrected chi connectivity index (χ4v) is 2.66. The first-order valence-corrected chi connectivity index (χ1v) is 6.76. The van der Waals surface area contributed by atoms with E-state index in [4.69, 9.17) is 5.26 Å². The molecule has 0 bridgehead atoms. The van der Waals surface area contributed by atoms with Gasteiger partial charge in [-0.1, -0.05) is 6.07 Å². The van der Waals surface area contributed by atoms with Crippen LogP contribution in [0.25, 0.3) is 10.2 Å². The van der Waals surface area contributed by atoms with Gasteiger partial charge in [-0.25, -0.2) is 14.4 Å². The van der Waals surface area contributed by atoms with Crippen LogP contribution < -0.4 is 5.32 Å². The Labute approximate surface area is 118 Å². The van der Waals surface area contributed by atoms with Gasteiger partial charge in [-0.3, -0.25) is 0 Å². The molecule has 1 N–H and O–H groups in total. The average molecular weight is 284 g/mol. The van der Waals surface area contributed by atoms with Crippen molar-refractivity contribution in [1.82, 2.24) is 9.97 Å². The number of thiophene rings is 1. The largest absolute Gasteiger partial charge is 0.365 e. The summed E-state index contributed by atoms with van der Waals surface area (Å²) < 4.78 is 14.7. The summed E-state index contributed by atoms with van der Waals surface area (Å²) in [6.45, 7) is 0.307. The molecule has 0 atom stereocenters. The highest BCUT2D eigenvalue weighted by molar-refractivity contribution is 7.17. The molecule has 0 saturated heterocycles. The fraction of sp³-hybridized carbons (Fsp3) is 0.0714. The van der Waals surface area contributed by atoms with E-state index in [1.54, 1.807) is 12.1 Å². The van der Waals surface area contributed by atoms with Crippen molar-refractivity contribution in [3.63, 3.8) is 0 Å². The monoisotopic (exact) mass is 284 g/mol. The average Bonchev–Trinajstić information content (AvgIpc) is 2.95. The number of aromatic nitrogens is 2. The third-order valence-corrected chi connectivity index (χ3v) is 3.78. The molecule has 1 aromatic carbocycles. The van der Waals surface area contributed by atoms with E-state index in [0.29, 0.717) is 23.5 Å². The molecule has 3 aromatic rings. The Kier molecular flexibility index (Phi) is 3.27. The molecule has 0 aliphatic heterocycles. The van der Waals surface area contributed by atoms with Crippen molar-refractivity contribution in [3.05, 3.63) is 52.9 Å². The van der Waals surface area contributed by atoms with Crippen molar-refractivity contribution in [2.75, 3.05) is 5.32 Å². The number of nitrogens with one attached hydrogen (secondary N) is 1. The number of rotatable bonds is 3. The van der Waals surface area contributed by atoms with E-state index >= 15 is 0 Å². The van der Waals surface area contributed by atoms with Crippen LogP contribution in [-0.2, 0) is 6.54 Å². The van der Waals surface area contributed by atoms with Crippen molar-refractivity contribution in [2.24, 2.45) is 0 Å². The summed E-state index contributed by atoms with van der Waals surface area (Å²) in [6.07, 6.45) is 1.48. The van der Waals surface area contributed by atoms with Crippen LogP contribution in [0.2, 0.25) is 0 Å². The van der Waals surface area contributed by atoms with Crippen molar-refractivity contribution in [3.8, 4) is 6.07 Å². The zero-order chi connectivity index (χ0) is 13.9. The third kappa shape index (κ3) is 2.31. The standard InChI is InChI=1S/C14H9FN4S/c15-11-5-9(6-16)1-2-10(11)7-17-14-13-12(3-4-20-13)18-8-19-14/h1-5,8H,7H2,(H,17,18,19). The van der Waals surface area contributed by atoms with E-state index in [2.05, 4.69) is 15.3 Å².